The molecule has 0 aliphatic carbocycles. The van der Waals surface area contributed by atoms with Gasteiger partial charge in [-0.3, -0.25) is 0 Å². The average molecular weight is 346 g/mol. The van der Waals surface area contributed by atoms with E-state index in [9.17, 15) is 13.2 Å². The van der Waals surface area contributed by atoms with Gasteiger partial charge >= 0.3 is 12.1 Å². The van der Waals surface area contributed by atoms with E-state index in [0.29, 0.717) is 23.6 Å². The molecular formula is C15H9F3N6O. The monoisotopic (exact) mass is 346 g/mol. The number of fused-ring (bicyclic) bond motifs is 1. The Kier molecular flexibility index (Phi) is 3.45. The lowest BCUT2D eigenvalue weighted by molar-refractivity contribution is -0.159. The van der Waals surface area contributed by atoms with Crippen LogP contribution >= 0.6 is 0 Å². The van der Waals surface area contributed by atoms with Crippen LogP contribution in [0.4, 0.5) is 13.2 Å². The predicted octanol–water partition coefficient (Wildman–Crippen LogP) is 2.90. The third-order valence-electron chi connectivity index (χ3n) is 3.55. The zero-order valence-corrected chi connectivity index (χ0v) is 12.5. The van der Waals surface area contributed by atoms with Gasteiger partial charge in [0.1, 0.15) is 5.69 Å². The van der Waals surface area contributed by atoms with E-state index in [4.69, 9.17) is 0 Å². The van der Waals surface area contributed by atoms with Gasteiger partial charge in [0, 0.05) is 18.3 Å². The van der Waals surface area contributed by atoms with Crippen molar-refractivity contribution in [2.75, 3.05) is 0 Å². The molecule has 0 saturated carbocycles. The number of alkyl halides is 3. The largest absolute Gasteiger partial charge is 0.471 e. The molecule has 0 N–H and O–H groups in total. The van der Waals surface area contributed by atoms with Crippen molar-refractivity contribution in [3.63, 3.8) is 0 Å². The van der Waals surface area contributed by atoms with Crippen LogP contribution in [-0.2, 0) is 12.7 Å². The number of rotatable bonds is 3. The highest BCUT2D eigenvalue weighted by atomic mass is 19.4. The number of aromatic nitrogens is 6. The summed E-state index contributed by atoms with van der Waals surface area (Å²) in [4.78, 5) is 3.36. The van der Waals surface area contributed by atoms with Crippen molar-refractivity contribution in [3.8, 4) is 22.9 Å². The molecule has 1 aromatic heterocycles. The average Bonchev–Trinajstić information content (AvgIpc) is 3.25. The topological polar surface area (TPSA) is 82.5 Å². The van der Waals surface area contributed by atoms with E-state index in [-0.39, 0.29) is 5.82 Å². The van der Waals surface area contributed by atoms with Gasteiger partial charge in [-0.25, -0.2) is 0 Å². The molecule has 0 spiro atoms. The molecule has 25 heavy (non-hydrogen) atoms. The first kappa shape index (κ1) is 15.2. The number of benzene rings is 1. The van der Waals surface area contributed by atoms with Crippen LogP contribution in [0.3, 0.4) is 0 Å². The van der Waals surface area contributed by atoms with Crippen LogP contribution in [0.15, 0.2) is 47.1 Å². The lowest BCUT2D eigenvalue weighted by Crippen LogP contribution is -2.05. The highest BCUT2D eigenvalue weighted by Crippen LogP contribution is 2.29. The molecule has 0 bridgehead atoms. The van der Waals surface area contributed by atoms with Crippen molar-refractivity contribution < 1.29 is 17.7 Å². The molecule has 0 atom stereocenters. The summed E-state index contributed by atoms with van der Waals surface area (Å²) in [7, 11) is 0. The second-order valence-electron chi connectivity index (χ2n) is 5.25. The summed E-state index contributed by atoms with van der Waals surface area (Å²) in [6.07, 6.45) is -2.81. The lowest BCUT2D eigenvalue weighted by Gasteiger charge is -2.09. The van der Waals surface area contributed by atoms with Gasteiger partial charge in [-0.15, -0.1) is 10.2 Å². The molecule has 3 heterocycles. The molecule has 0 saturated heterocycles. The van der Waals surface area contributed by atoms with Gasteiger partial charge in [0.25, 0.3) is 0 Å². The van der Waals surface area contributed by atoms with Gasteiger partial charge in [-0.1, -0.05) is 29.4 Å². The number of nitrogens with zero attached hydrogens (tertiary/aromatic N) is 6. The van der Waals surface area contributed by atoms with Crippen LogP contribution in [-0.4, -0.2) is 30.1 Å². The van der Waals surface area contributed by atoms with Gasteiger partial charge in [0.15, 0.2) is 5.82 Å². The van der Waals surface area contributed by atoms with Crippen LogP contribution in [0, 0.1) is 0 Å². The highest BCUT2D eigenvalue weighted by molar-refractivity contribution is 5.55. The highest BCUT2D eigenvalue weighted by Gasteiger charge is 2.38. The Labute approximate surface area is 138 Å². The second-order valence-corrected chi connectivity index (χ2v) is 5.25. The fraction of sp³-hybridized carbons (Fsp3) is 0.133. The van der Waals surface area contributed by atoms with E-state index in [2.05, 4.69) is 30.1 Å². The smallest absolute Gasteiger partial charge is 0.329 e. The number of hydrogen-bond donors (Lipinski definition) is 0. The van der Waals surface area contributed by atoms with Crippen LogP contribution < -0.4 is 0 Å². The molecule has 1 aromatic carbocycles. The fourth-order valence-electron chi connectivity index (χ4n) is 2.37. The summed E-state index contributed by atoms with van der Waals surface area (Å²) in [5.74, 6) is -0.824. The minimum atomic E-state index is -4.66. The van der Waals surface area contributed by atoms with Gasteiger partial charge in [0.05, 0.1) is 0 Å². The van der Waals surface area contributed by atoms with E-state index in [1.54, 1.807) is 24.3 Å². The number of pyridine rings is 1. The Morgan fingerprint density at radius 3 is 2.56 bits per heavy atom. The predicted molar refractivity (Wildman–Crippen MR) is 78.3 cm³/mol. The van der Waals surface area contributed by atoms with Crippen LogP contribution in [0.5, 0.6) is 0 Å². The van der Waals surface area contributed by atoms with Crippen LogP contribution in [0.2, 0.25) is 0 Å². The summed E-state index contributed by atoms with van der Waals surface area (Å²) in [5.41, 5.74) is 2.04. The first-order chi connectivity index (χ1) is 12.0. The third kappa shape index (κ3) is 2.93. The fourth-order valence-corrected chi connectivity index (χ4v) is 2.37. The molecule has 4 rings (SSSR count). The number of hydrogen-bond acceptors (Lipinski definition) is 6. The molecule has 2 aliphatic heterocycles. The molecule has 126 valence electrons. The maximum atomic E-state index is 12.5. The minimum absolute atomic E-state index is 0.111. The molecular weight excluding hydrogens is 337 g/mol. The van der Waals surface area contributed by atoms with Crippen LogP contribution in [0.1, 0.15) is 11.5 Å². The van der Waals surface area contributed by atoms with E-state index in [0.717, 1.165) is 5.56 Å². The van der Waals surface area contributed by atoms with Gasteiger partial charge < -0.3 is 9.09 Å². The first-order valence-electron chi connectivity index (χ1n) is 7.15. The van der Waals surface area contributed by atoms with Crippen LogP contribution in [0.25, 0.3) is 22.9 Å². The zero-order valence-electron chi connectivity index (χ0n) is 12.5. The SMILES string of the molecule is FC(F)(F)c1nc(-c2ccc(Cn3cccc4nnnc3-4)cc2)no1. The molecule has 2 aliphatic rings. The molecule has 10 heteroatoms. The van der Waals surface area contributed by atoms with E-state index < -0.39 is 12.1 Å². The minimum Gasteiger partial charge on any atom is -0.329 e. The van der Waals surface area contributed by atoms with Gasteiger partial charge in [-0.2, -0.15) is 18.2 Å². The summed E-state index contributed by atoms with van der Waals surface area (Å²) in [6.45, 7) is 0.512. The molecule has 0 radical (unpaired) electrons. The Bertz CT molecular complexity index is 975. The Hall–Kier alpha value is -3.30. The molecule has 0 amide bonds. The Morgan fingerprint density at radius 1 is 1.04 bits per heavy atom. The Balaban J connectivity index is 1.56. The van der Waals surface area contributed by atoms with Crippen molar-refractivity contribution in [1.29, 1.82) is 0 Å². The third-order valence-corrected chi connectivity index (χ3v) is 3.55. The van der Waals surface area contributed by atoms with Crippen molar-refractivity contribution in [2.24, 2.45) is 0 Å². The standard InChI is InChI=1S/C15H9F3N6O/c16-15(17,18)14-19-12(22-25-14)10-5-3-9(4-6-10)8-24-7-1-2-11-13(24)21-23-20-11/h1-7H,8H2. The van der Waals surface area contributed by atoms with E-state index in [1.807, 2.05) is 22.9 Å². The molecule has 0 unspecified atom stereocenters. The maximum Gasteiger partial charge on any atom is 0.471 e. The molecule has 2 aromatic rings. The van der Waals surface area contributed by atoms with Crippen molar-refractivity contribution in [2.45, 2.75) is 12.7 Å². The van der Waals surface area contributed by atoms with E-state index in [1.165, 1.54) is 0 Å². The molecule has 0 fully saturated rings. The van der Waals surface area contributed by atoms with Gasteiger partial charge in [-0.05, 0) is 22.9 Å². The number of halogens is 3. The van der Waals surface area contributed by atoms with E-state index >= 15 is 0 Å². The summed E-state index contributed by atoms with van der Waals surface area (Å²) in [5, 5.41) is 14.9. The van der Waals surface area contributed by atoms with Crippen molar-refractivity contribution in [3.05, 3.63) is 54.0 Å². The van der Waals surface area contributed by atoms with Gasteiger partial charge in [0.2, 0.25) is 5.82 Å². The molecule has 7 nitrogen and oxygen atoms in total. The Morgan fingerprint density at radius 2 is 1.84 bits per heavy atom. The zero-order chi connectivity index (χ0) is 17.4. The lowest BCUT2D eigenvalue weighted by atomic mass is 10.1. The van der Waals surface area contributed by atoms with Crippen molar-refractivity contribution in [1.82, 2.24) is 30.1 Å². The van der Waals surface area contributed by atoms with Crippen molar-refractivity contribution >= 4 is 0 Å². The summed E-state index contributed by atoms with van der Waals surface area (Å²) < 4.78 is 43.6. The second kappa shape index (κ2) is 5.65. The summed E-state index contributed by atoms with van der Waals surface area (Å²) in [6, 6.07) is 10.5. The quantitative estimate of drug-likeness (QED) is 0.567. The maximum absolute atomic E-state index is 12.5. The normalized spacial score (nSPS) is 12.0. The summed E-state index contributed by atoms with van der Waals surface area (Å²) >= 11 is 0. The first-order valence-corrected chi connectivity index (χ1v) is 7.15.